The summed E-state index contributed by atoms with van der Waals surface area (Å²) in [5.41, 5.74) is 3.38. The zero-order valence-corrected chi connectivity index (χ0v) is 17.9. The Morgan fingerprint density at radius 2 is 1.93 bits per heavy atom. The lowest BCUT2D eigenvalue weighted by Gasteiger charge is -2.36. The molecule has 1 amide bonds. The molecule has 0 bridgehead atoms. The van der Waals surface area contributed by atoms with Gasteiger partial charge in [0, 0.05) is 18.0 Å². The van der Waals surface area contributed by atoms with Crippen molar-refractivity contribution in [2.45, 2.75) is 30.8 Å². The standard InChI is InChI=1S/C23H25N3O3S/c1-3-29-22(28)19-20(16-8-10-18(30-2)11-9-16)24-23(25-21(19)27)26-13-12-15-6-4-5-7-17(15)14-26/h4-11,19-20H,3,12-14H2,1-2H3,(H,24,25,27). The Labute approximate surface area is 180 Å². The van der Waals surface area contributed by atoms with Crippen LogP contribution in [0.25, 0.3) is 0 Å². The van der Waals surface area contributed by atoms with Crippen LogP contribution in [0.1, 0.15) is 29.7 Å². The van der Waals surface area contributed by atoms with E-state index in [1.54, 1.807) is 18.7 Å². The van der Waals surface area contributed by atoms with E-state index in [4.69, 9.17) is 9.73 Å². The van der Waals surface area contributed by atoms with Crippen LogP contribution in [-0.2, 0) is 27.3 Å². The van der Waals surface area contributed by atoms with Gasteiger partial charge >= 0.3 is 5.97 Å². The minimum absolute atomic E-state index is 0.222. The maximum absolute atomic E-state index is 13.0. The van der Waals surface area contributed by atoms with Crippen LogP contribution >= 0.6 is 11.8 Å². The van der Waals surface area contributed by atoms with Gasteiger partial charge in [-0.1, -0.05) is 36.4 Å². The van der Waals surface area contributed by atoms with Crippen LogP contribution in [0.4, 0.5) is 0 Å². The number of fused-ring (bicyclic) bond motifs is 1. The average Bonchev–Trinajstić information content (AvgIpc) is 2.78. The molecule has 2 atom stereocenters. The average molecular weight is 424 g/mol. The van der Waals surface area contributed by atoms with Crippen molar-refractivity contribution in [2.75, 3.05) is 19.4 Å². The lowest BCUT2D eigenvalue weighted by molar-refractivity contribution is -0.153. The van der Waals surface area contributed by atoms with Crippen LogP contribution in [0.5, 0.6) is 0 Å². The number of nitrogens with zero attached hydrogens (tertiary/aromatic N) is 2. The molecule has 156 valence electrons. The van der Waals surface area contributed by atoms with E-state index >= 15 is 0 Å². The Morgan fingerprint density at radius 3 is 2.63 bits per heavy atom. The molecule has 7 heteroatoms. The SMILES string of the molecule is CCOC(=O)C1C(=O)NC(N2CCc3ccccc3C2)=NC1c1ccc(SC)cc1. The molecule has 0 aliphatic carbocycles. The van der Waals surface area contributed by atoms with Crippen molar-refractivity contribution >= 4 is 29.6 Å². The first kappa shape index (κ1) is 20.5. The summed E-state index contributed by atoms with van der Waals surface area (Å²) in [6.07, 6.45) is 2.90. The maximum Gasteiger partial charge on any atom is 0.321 e. The van der Waals surface area contributed by atoms with Crippen molar-refractivity contribution in [2.24, 2.45) is 10.9 Å². The number of guanidine groups is 1. The summed E-state index contributed by atoms with van der Waals surface area (Å²) in [5, 5.41) is 2.86. The van der Waals surface area contributed by atoms with Gasteiger partial charge < -0.3 is 9.64 Å². The van der Waals surface area contributed by atoms with Gasteiger partial charge in [0.05, 0.1) is 6.61 Å². The van der Waals surface area contributed by atoms with Crippen LogP contribution in [0.2, 0.25) is 0 Å². The number of thioether (sulfide) groups is 1. The summed E-state index contributed by atoms with van der Waals surface area (Å²) in [7, 11) is 0. The lowest BCUT2D eigenvalue weighted by atomic mass is 9.91. The van der Waals surface area contributed by atoms with Crippen molar-refractivity contribution in [1.82, 2.24) is 10.2 Å². The highest BCUT2D eigenvalue weighted by molar-refractivity contribution is 7.98. The summed E-state index contributed by atoms with van der Waals surface area (Å²) in [5.74, 6) is -1.38. The number of hydrogen-bond acceptors (Lipinski definition) is 6. The molecule has 2 aromatic rings. The number of benzene rings is 2. The molecule has 0 aromatic heterocycles. The Bertz CT molecular complexity index is 974. The van der Waals surface area contributed by atoms with Crippen LogP contribution in [0.15, 0.2) is 58.4 Å². The smallest absolute Gasteiger partial charge is 0.321 e. The molecule has 2 aliphatic heterocycles. The zero-order valence-electron chi connectivity index (χ0n) is 17.1. The van der Waals surface area contributed by atoms with E-state index in [2.05, 4.69) is 22.3 Å². The number of rotatable bonds is 4. The fourth-order valence-electron chi connectivity index (χ4n) is 3.94. The highest BCUT2D eigenvalue weighted by Gasteiger charge is 2.42. The number of ether oxygens (including phenoxy) is 1. The Balaban J connectivity index is 1.68. The predicted octanol–water partition coefficient (Wildman–Crippen LogP) is 3.17. The molecule has 0 fully saturated rings. The minimum Gasteiger partial charge on any atom is -0.465 e. The molecule has 1 N–H and O–H groups in total. The van der Waals surface area contributed by atoms with Gasteiger partial charge in [0.15, 0.2) is 5.92 Å². The van der Waals surface area contributed by atoms with Gasteiger partial charge in [-0.25, -0.2) is 4.99 Å². The normalized spacial score (nSPS) is 20.8. The van der Waals surface area contributed by atoms with Crippen LogP contribution < -0.4 is 5.32 Å². The van der Waals surface area contributed by atoms with E-state index in [1.807, 2.05) is 42.7 Å². The molecule has 2 heterocycles. The molecule has 2 aromatic carbocycles. The van der Waals surface area contributed by atoms with E-state index < -0.39 is 17.9 Å². The third-order valence-corrected chi connectivity index (χ3v) is 6.27. The summed E-state index contributed by atoms with van der Waals surface area (Å²) < 4.78 is 5.19. The van der Waals surface area contributed by atoms with Gasteiger partial charge in [-0.3, -0.25) is 14.9 Å². The van der Waals surface area contributed by atoms with Crippen molar-refractivity contribution in [1.29, 1.82) is 0 Å². The number of esters is 1. The minimum atomic E-state index is -0.995. The second kappa shape index (κ2) is 8.92. The first-order chi connectivity index (χ1) is 14.6. The van der Waals surface area contributed by atoms with Crippen LogP contribution in [0, 0.1) is 5.92 Å². The quantitative estimate of drug-likeness (QED) is 0.465. The number of carbonyl (C=O) groups is 2. The second-order valence-electron chi connectivity index (χ2n) is 7.33. The summed E-state index contributed by atoms with van der Waals surface area (Å²) in [6, 6.07) is 15.6. The Kier molecular flexibility index (Phi) is 6.08. The molecule has 0 radical (unpaired) electrons. The van der Waals surface area contributed by atoms with Crippen molar-refractivity contribution in [3.05, 3.63) is 65.2 Å². The third kappa shape index (κ3) is 4.07. The number of carbonyl (C=O) groups excluding carboxylic acids is 2. The van der Waals surface area contributed by atoms with Crippen molar-refractivity contribution in [3.8, 4) is 0 Å². The van der Waals surface area contributed by atoms with Crippen molar-refractivity contribution < 1.29 is 14.3 Å². The highest BCUT2D eigenvalue weighted by Crippen LogP contribution is 2.32. The monoisotopic (exact) mass is 423 g/mol. The van der Waals surface area contributed by atoms with Crippen molar-refractivity contribution in [3.63, 3.8) is 0 Å². The van der Waals surface area contributed by atoms with E-state index in [1.165, 1.54) is 11.1 Å². The van der Waals surface area contributed by atoms with Gasteiger partial charge in [-0.15, -0.1) is 11.8 Å². The summed E-state index contributed by atoms with van der Waals surface area (Å²) in [4.78, 5) is 33.6. The molecular weight excluding hydrogens is 398 g/mol. The molecule has 0 spiro atoms. The van der Waals surface area contributed by atoms with Gasteiger partial charge in [-0.05, 0) is 48.4 Å². The molecule has 4 rings (SSSR count). The molecule has 2 aliphatic rings. The van der Waals surface area contributed by atoms with Gasteiger partial charge in [0.2, 0.25) is 11.9 Å². The first-order valence-electron chi connectivity index (χ1n) is 10.1. The number of aliphatic imine (C=N–C) groups is 1. The highest BCUT2D eigenvalue weighted by atomic mass is 32.2. The molecule has 2 unspecified atom stereocenters. The number of amides is 1. The Morgan fingerprint density at radius 1 is 1.20 bits per heavy atom. The molecular formula is C23H25N3O3S. The Hall–Kier alpha value is -2.80. The van der Waals surface area contributed by atoms with E-state index in [-0.39, 0.29) is 12.5 Å². The largest absolute Gasteiger partial charge is 0.465 e. The topological polar surface area (TPSA) is 71.0 Å². The molecule has 0 saturated heterocycles. The summed E-state index contributed by atoms with van der Waals surface area (Å²) in [6.45, 7) is 3.40. The van der Waals surface area contributed by atoms with Crippen LogP contribution in [-0.4, -0.2) is 42.1 Å². The lowest BCUT2D eigenvalue weighted by Crippen LogP contribution is -2.53. The first-order valence-corrected chi connectivity index (χ1v) is 11.3. The van der Waals surface area contributed by atoms with E-state index in [9.17, 15) is 9.59 Å². The zero-order chi connectivity index (χ0) is 21.1. The van der Waals surface area contributed by atoms with Crippen LogP contribution in [0.3, 0.4) is 0 Å². The number of nitrogens with one attached hydrogen (secondary N) is 1. The van der Waals surface area contributed by atoms with Gasteiger partial charge in [0.1, 0.15) is 6.04 Å². The fraction of sp³-hybridized carbons (Fsp3) is 0.348. The predicted molar refractivity (Wildman–Crippen MR) is 117 cm³/mol. The van der Waals surface area contributed by atoms with Gasteiger partial charge in [0.25, 0.3) is 0 Å². The van der Waals surface area contributed by atoms with Gasteiger partial charge in [-0.2, -0.15) is 0 Å². The number of hydrogen-bond donors (Lipinski definition) is 1. The van der Waals surface area contributed by atoms with E-state index in [0.29, 0.717) is 12.5 Å². The molecule has 30 heavy (non-hydrogen) atoms. The third-order valence-electron chi connectivity index (χ3n) is 5.52. The second-order valence-corrected chi connectivity index (χ2v) is 8.21. The molecule has 6 nitrogen and oxygen atoms in total. The fourth-order valence-corrected chi connectivity index (χ4v) is 4.35. The maximum atomic E-state index is 13.0. The summed E-state index contributed by atoms with van der Waals surface area (Å²) >= 11 is 1.64. The molecule has 0 saturated carbocycles. The van der Waals surface area contributed by atoms with E-state index in [0.717, 1.165) is 23.4 Å².